The minimum atomic E-state index is -0.0948. The molecular formula is C21H21BrN2O2. The predicted octanol–water partition coefficient (Wildman–Crippen LogP) is 4.82. The number of H-pyrrole nitrogens is 1. The van der Waals surface area contributed by atoms with E-state index in [-0.39, 0.29) is 6.04 Å². The maximum atomic E-state index is 11.7. The molecule has 0 bridgehead atoms. The number of aromatic nitrogens is 1. The smallest absolute Gasteiger partial charge is 0.210 e. The topological polar surface area (TPSA) is 45.3 Å². The van der Waals surface area contributed by atoms with E-state index < -0.39 is 0 Å². The van der Waals surface area contributed by atoms with Gasteiger partial charge in [0, 0.05) is 27.6 Å². The van der Waals surface area contributed by atoms with Gasteiger partial charge in [-0.3, -0.25) is 4.79 Å². The average Bonchev–Trinajstić information content (AvgIpc) is 3.04. The number of carbonyl (C=O) groups is 1. The molecule has 1 amide bonds. The van der Waals surface area contributed by atoms with Crippen LogP contribution in [0, 0.1) is 0 Å². The average molecular weight is 413 g/mol. The summed E-state index contributed by atoms with van der Waals surface area (Å²) in [5.74, 6) is 0.866. The molecule has 0 aliphatic carbocycles. The number of aromatic amines is 1. The van der Waals surface area contributed by atoms with E-state index in [4.69, 9.17) is 4.74 Å². The van der Waals surface area contributed by atoms with Crippen molar-refractivity contribution >= 4 is 33.2 Å². The maximum absolute atomic E-state index is 11.7. The number of benzene rings is 2. The molecule has 1 aromatic heterocycles. The summed E-state index contributed by atoms with van der Waals surface area (Å²) in [7, 11) is 0. The number of hydrogen-bond donors (Lipinski definition) is 1. The van der Waals surface area contributed by atoms with Gasteiger partial charge in [0.25, 0.3) is 0 Å². The fourth-order valence-electron chi connectivity index (χ4n) is 3.72. The summed E-state index contributed by atoms with van der Waals surface area (Å²) < 4.78 is 6.75. The molecular weight excluding hydrogens is 392 g/mol. The van der Waals surface area contributed by atoms with Crippen LogP contribution in [0.5, 0.6) is 5.75 Å². The maximum Gasteiger partial charge on any atom is 0.210 e. The SMILES string of the molecule is CCCOc1ccc(C2c3[nH]c4ccc(Br)cc4c3CCN2C=O)cc1. The molecule has 2 heterocycles. The highest BCUT2D eigenvalue weighted by molar-refractivity contribution is 9.10. The van der Waals surface area contributed by atoms with Gasteiger partial charge in [-0.05, 0) is 54.3 Å². The number of nitrogens with one attached hydrogen (secondary N) is 1. The first-order valence-corrected chi connectivity index (χ1v) is 9.74. The number of hydrogen-bond acceptors (Lipinski definition) is 2. The van der Waals surface area contributed by atoms with Gasteiger partial charge in [0.1, 0.15) is 5.75 Å². The first-order valence-electron chi connectivity index (χ1n) is 8.95. The molecule has 0 spiro atoms. The van der Waals surface area contributed by atoms with Gasteiger partial charge in [-0.25, -0.2) is 0 Å². The second kappa shape index (κ2) is 7.16. The molecule has 1 unspecified atom stereocenters. The van der Waals surface area contributed by atoms with Gasteiger partial charge in [-0.2, -0.15) is 0 Å². The molecule has 0 saturated heterocycles. The van der Waals surface area contributed by atoms with Crippen LogP contribution in [-0.2, 0) is 11.2 Å². The number of rotatable bonds is 5. The van der Waals surface area contributed by atoms with Crippen LogP contribution in [0.1, 0.15) is 36.2 Å². The van der Waals surface area contributed by atoms with Crippen molar-refractivity contribution in [2.45, 2.75) is 25.8 Å². The van der Waals surface area contributed by atoms with Crippen LogP contribution in [0.3, 0.4) is 0 Å². The fourth-order valence-corrected chi connectivity index (χ4v) is 4.08. The van der Waals surface area contributed by atoms with Crippen molar-refractivity contribution in [2.24, 2.45) is 0 Å². The molecule has 0 fully saturated rings. The van der Waals surface area contributed by atoms with Crippen molar-refractivity contribution in [3.05, 3.63) is 63.8 Å². The molecule has 4 rings (SSSR count). The fraction of sp³-hybridized carbons (Fsp3) is 0.286. The van der Waals surface area contributed by atoms with Crippen LogP contribution in [-0.4, -0.2) is 29.4 Å². The molecule has 1 atom stereocenters. The van der Waals surface area contributed by atoms with E-state index in [1.807, 2.05) is 23.1 Å². The number of nitrogens with zero attached hydrogens (tertiary/aromatic N) is 1. The standard InChI is InChI=1S/C21H21BrN2O2/c1-2-11-26-16-6-3-14(4-7-16)21-20-17(9-10-24(21)13-25)18-12-15(22)5-8-19(18)23-20/h3-8,12-13,21,23H,2,9-11H2,1H3. The Morgan fingerprint density at radius 2 is 2.08 bits per heavy atom. The summed E-state index contributed by atoms with van der Waals surface area (Å²) in [6, 6.07) is 14.3. The third-order valence-electron chi connectivity index (χ3n) is 4.93. The molecule has 134 valence electrons. The van der Waals surface area contributed by atoms with Crippen LogP contribution in [0.2, 0.25) is 0 Å². The molecule has 0 radical (unpaired) electrons. The van der Waals surface area contributed by atoms with E-state index in [0.717, 1.165) is 46.2 Å². The Balaban J connectivity index is 1.77. The zero-order valence-electron chi connectivity index (χ0n) is 14.7. The van der Waals surface area contributed by atoms with E-state index in [1.165, 1.54) is 10.9 Å². The van der Waals surface area contributed by atoms with Gasteiger partial charge in [-0.1, -0.05) is 35.0 Å². The highest BCUT2D eigenvalue weighted by atomic mass is 79.9. The lowest BCUT2D eigenvalue weighted by Crippen LogP contribution is -2.34. The summed E-state index contributed by atoms with van der Waals surface area (Å²) in [5, 5.41) is 1.23. The summed E-state index contributed by atoms with van der Waals surface area (Å²) >= 11 is 3.56. The van der Waals surface area contributed by atoms with Crippen molar-refractivity contribution in [1.82, 2.24) is 9.88 Å². The summed E-state index contributed by atoms with van der Waals surface area (Å²) in [4.78, 5) is 17.1. The lowest BCUT2D eigenvalue weighted by Gasteiger charge is -2.33. The number of carbonyl (C=O) groups excluding carboxylic acids is 1. The molecule has 26 heavy (non-hydrogen) atoms. The highest BCUT2D eigenvalue weighted by Gasteiger charge is 2.30. The predicted molar refractivity (Wildman–Crippen MR) is 107 cm³/mol. The van der Waals surface area contributed by atoms with E-state index in [1.54, 1.807) is 0 Å². The van der Waals surface area contributed by atoms with E-state index >= 15 is 0 Å². The normalized spacial score (nSPS) is 16.5. The number of halogens is 1. The van der Waals surface area contributed by atoms with Crippen molar-refractivity contribution in [3.8, 4) is 5.75 Å². The molecule has 1 aliphatic rings. The van der Waals surface area contributed by atoms with Gasteiger partial charge >= 0.3 is 0 Å². The first-order chi connectivity index (χ1) is 12.7. The zero-order chi connectivity index (χ0) is 18.1. The molecule has 3 aromatic rings. The van der Waals surface area contributed by atoms with Crippen LogP contribution in [0.15, 0.2) is 46.9 Å². The number of ether oxygens (including phenoxy) is 1. The van der Waals surface area contributed by atoms with Crippen LogP contribution >= 0.6 is 15.9 Å². The van der Waals surface area contributed by atoms with E-state index in [2.05, 4.69) is 52.1 Å². The molecule has 2 aromatic carbocycles. The molecule has 0 saturated carbocycles. The van der Waals surface area contributed by atoms with Crippen LogP contribution < -0.4 is 4.74 Å². The monoisotopic (exact) mass is 412 g/mol. The molecule has 4 nitrogen and oxygen atoms in total. The van der Waals surface area contributed by atoms with Crippen LogP contribution in [0.25, 0.3) is 10.9 Å². The van der Waals surface area contributed by atoms with E-state index in [0.29, 0.717) is 13.2 Å². The highest BCUT2D eigenvalue weighted by Crippen LogP contribution is 2.38. The Bertz CT molecular complexity index is 933. The van der Waals surface area contributed by atoms with Crippen molar-refractivity contribution < 1.29 is 9.53 Å². The Labute approximate surface area is 161 Å². The van der Waals surface area contributed by atoms with E-state index in [9.17, 15) is 4.79 Å². The molecule has 1 aliphatic heterocycles. The number of amides is 1. The third-order valence-corrected chi connectivity index (χ3v) is 5.42. The van der Waals surface area contributed by atoms with Gasteiger partial charge in [0.15, 0.2) is 0 Å². The summed E-state index contributed by atoms with van der Waals surface area (Å²) in [6.07, 6.45) is 2.80. The van der Waals surface area contributed by atoms with Crippen molar-refractivity contribution in [2.75, 3.05) is 13.2 Å². The summed E-state index contributed by atoms with van der Waals surface area (Å²) in [6.45, 7) is 3.52. The second-order valence-electron chi connectivity index (χ2n) is 6.62. The molecule has 1 N–H and O–H groups in total. The minimum Gasteiger partial charge on any atom is -0.494 e. The summed E-state index contributed by atoms with van der Waals surface area (Å²) in [5.41, 5.74) is 4.61. The second-order valence-corrected chi connectivity index (χ2v) is 7.54. The van der Waals surface area contributed by atoms with Gasteiger partial charge < -0.3 is 14.6 Å². The van der Waals surface area contributed by atoms with Gasteiger partial charge in [0.05, 0.1) is 12.6 Å². The Hall–Kier alpha value is -2.27. The zero-order valence-corrected chi connectivity index (χ0v) is 16.3. The minimum absolute atomic E-state index is 0.0948. The largest absolute Gasteiger partial charge is 0.494 e. The van der Waals surface area contributed by atoms with Gasteiger partial charge in [-0.15, -0.1) is 0 Å². The van der Waals surface area contributed by atoms with Gasteiger partial charge in [0.2, 0.25) is 6.41 Å². The lowest BCUT2D eigenvalue weighted by molar-refractivity contribution is -0.120. The van der Waals surface area contributed by atoms with Crippen molar-refractivity contribution in [3.63, 3.8) is 0 Å². The third kappa shape index (κ3) is 3.01. The Morgan fingerprint density at radius 3 is 2.81 bits per heavy atom. The lowest BCUT2D eigenvalue weighted by atomic mass is 9.93. The van der Waals surface area contributed by atoms with Crippen molar-refractivity contribution in [1.29, 1.82) is 0 Å². The Morgan fingerprint density at radius 1 is 1.27 bits per heavy atom. The Kier molecular flexibility index (Phi) is 4.72. The number of fused-ring (bicyclic) bond motifs is 3. The molecule has 5 heteroatoms. The first kappa shape index (κ1) is 17.2. The van der Waals surface area contributed by atoms with Crippen LogP contribution in [0.4, 0.5) is 0 Å². The quantitative estimate of drug-likeness (QED) is 0.610.